The first-order chi connectivity index (χ1) is 11.6. The molecular weight excluding hydrogens is 306 g/mol. The monoisotopic (exact) mass is 333 g/mol. The van der Waals surface area contributed by atoms with Crippen LogP contribution in [0.2, 0.25) is 0 Å². The first-order valence-corrected chi connectivity index (χ1v) is 8.88. The molecule has 0 bridgehead atoms. The van der Waals surface area contributed by atoms with Crippen LogP contribution < -0.4 is 5.32 Å². The molecule has 2 fully saturated rings. The lowest BCUT2D eigenvalue weighted by Gasteiger charge is -2.40. The van der Waals surface area contributed by atoms with Crippen molar-refractivity contribution in [1.82, 2.24) is 24.7 Å². The van der Waals surface area contributed by atoms with Crippen LogP contribution in [-0.4, -0.2) is 63.9 Å². The Morgan fingerprint density at radius 2 is 2.21 bits per heavy atom. The second-order valence-corrected chi connectivity index (χ2v) is 6.68. The summed E-state index contributed by atoms with van der Waals surface area (Å²) in [6.07, 6.45) is 5.96. The van der Waals surface area contributed by atoms with E-state index in [-0.39, 0.29) is 23.8 Å². The van der Waals surface area contributed by atoms with Gasteiger partial charge in [0, 0.05) is 58.6 Å². The topological polar surface area (TPSA) is 70.5 Å². The van der Waals surface area contributed by atoms with Crippen LogP contribution in [0.5, 0.6) is 0 Å². The Balaban J connectivity index is 1.74. The molecular formula is C17H27N5O2. The van der Waals surface area contributed by atoms with Gasteiger partial charge in [-0.15, -0.1) is 0 Å². The standard InChI is InChI=1S/C17H27N5O2/c1-3-15(23)21-8-4-5-13(12-21)17(24)22-10-6-18-11-14(22)16-19-7-9-20(16)2/h7,9,13-14,18H,3-6,8,10-12H2,1-2H3. The number of rotatable bonds is 3. The molecule has 2 amide bonds. The first kappa shape index (κ1) is 17.0. The summed E-state index contributed by atoms with van der Waals surface area (Å²) in [6, 6.07) is -0.0384. The van der Waals surface area contributed by atoms with E-state index in [1.54, 1.807) is 6.20 Å². The molecule has 7 heteroatoms. The van der Waals surface area contributed by atoms with E-state index in [2.05, 4.69) is 10.3 Å². The van der Waals surface area contributed by atoms with Crippen molar-refractivity contribution < 1.29 is 9.59 Å². The highest BCUT2D eigenvalue weighted by atomic mass is 16.2. The quantitative estimate of drug-likeness (QED) is 0.877. The zero-order chi connectivity index (χ0) is 17.1. The van der Waals surface area contributed by atoms with Crippen molar-refractivity contribution in [1.29, 1.82) is 0 Å². The molecule has 3 heterocycles. The van der Waals surface area contributed by atoms with Gasteiger partial charge in [0.1, 0.15) is 11.9 Å². The van der Waals surface area contributed by atoms with E-state index in [1.807, 2.05) is 34.5 Å². The Morgan fingerprint density at radius 3 is 2.92 bits per heavy atom. The van der Waals surface area contributed by atoms with Crippen LogP contribution in [0.1, 0.15) is 38.1 Å². The minimum Gasteiger partial charge on any atom is -0.342 e. The van der Waals surface area contributed by atoms with Gasteiger partial charge in [-0.3, -0.25) is 9.59 Å². The van der Waals surface area contributed by atoms with Crippen molar-refractivity contribution in [2.45, 2.75) is 32.2 Å². The number of hydrogen-bond acceptors (Lipinski definition) is 4. The summed E-state index contributed by atoms with van der Waals surface area (Å²) in [6.45, 7) is 5.43. The lowest BCUT2D eigenvalue weighted by molar-refractivity contribution is -0.143. The Labute approximate surface area is 143 Å². The molecule has 0 aromatic carbocycles. The highest BCUT2D eigenvalue weighted by Crippen LogP contribution is 2.26. The molecule has 7 nitrogen and oxygen atoms in total. The summed E-state index contributed by atoms with van der Waals surface area (Å²) in [5.41, 5.74) is 0. The number of nitrogens with zero attached hydrogens (tertiary/aromatic N) is 4. The van der Waals surface area contributed by atoms with Crippen LogP contribution in [0.3, 0.4) is 0 Å². The van der Waals surface area contributed by atoms with Crippen LogP contribution in [0.25, 0.3) is 0 Å². The smallest absolute Gasteiger partial charge is 0.228 e. The van der Waals surface area contributed by atoms with E-state index in [0.29, 0.717) is 19.5 Å². The fourth-order valence-corrected chi connectivity index (χ4v) is 3.76. The molecule has 2 aliphatic rings. The lowest BCUT2D eigenvalue weighted by Crippen LogP contribution is -2.53. The molecule has 132 valence electrons. The van der Waals surface area contributed by atoms with Crippen LogP contribution in [0.4, 0.5) is 0 Å². The number of carbonyl (C=O) groups excluding carboxylic acids is 2. The number of hydrogen-bond donors (Lipinski definition) is 1. The maximum atomic E-state index is 13.1. The third kappa shape index (κ3) is 3.31. The van der Waals surface area contributed by atoms with E-state index >= 15 is 0 Å². The molecule has 2 atom stereocenters. The number of aromatic nitrogens is 2. The number of nitrogens with one attached hydrogen (secondary N) is 1. The minimum atomic E-state index is -0.0879. The van der Waals surface area contributed by atoms with Crippen LogP contribution in [0.15, 0.2) is 12.4 Å². The zero-order valence-electron chi connectivity index (χ0n) is 14.6. The van der Waals surface area contributed by atoms with Crippen molar-refractivity contribution in [2.24, 2.45) is 13.0 Å². The molecule has 3 rings (SSSR count). The number of piperazine rings is 1. The minimum absolute atomic E-state index is 0.0384. The summed E-state index contributed by atoms with van der Waals surface area (Å²) >= 11 is 0. The van der Waals surface area contributed by atoms with E-state index in [1.165, 1.54) is 0 Å². The second kappa shape index (κ2) is 7.34. The van der Waals surface area contributed by atoms with Crippen molar-refractivity contribution in [2.75, 3.05) is 32.7 Å². The molecule has 1 aromatic heterocycles. The van der Waals surface area contributed by atoms with E-state index < -0.39 is 0 Å². The normalized spacial score (nSPS) is 24.9. The maximum Gasteiger partial charge on any atom is 0.228 e. The molecule has 1 N–H and O–H groups in total. The number of piperidine rings is 1. The van der Waals surface area contributed by atoms with Crippen LogP contribution >= 0.6 is 0 Å². The first-order valence-electron chi connectivity index (χ1n) is 8.88. The Bertz CT molecular complexity index is 600. The van der Waals surface area contributed by atoms with Gasteiger partial charge in [0.05, 0.1) is 5.92 Å². The van der Waals surface area contributed by atoms with Gasteiger partial charge in [-0.1, -0.05) is 6.92 Å². The third-order valence-electron chi connectivity index (χ3n) is 5.11. The van der Waals surface area contributed by atoms with Gasteiger partial charge in [0.2, 0.25) is 11.8 Å². The molecule has 0 spiro atoms. The zero-order valence-corrected chi connectivity index (χ0v) is 14.6. The van der Waals surface area contributed by atoms with Gasteiger partial charge < -0.3 is 19.7 Å². The van der Waals surface area contributed by atoms with Crippen molar-refractivity contribution in [3.05, 3.63) is 18.2 Å². The maximum absolute atomic E-state index is 13.1. The SMILES string of the molecule is CCC(=O)N1CCCC(C(=O)N2CCNCC2c2nccn2C)C1. The highest BCUT2D eigenvalue weighted by molar-refractivity contribution is 5.81. The molecule has 24 heavy (non-hydrogen) atoms. The predicted octanol–water partition coefficient (Wildman–Crippen LogP) is 0.542. The third-order valence-corrected chi connectivity index (χ3v) is 5.11. The molecule has 2 unspecified atom stereocenters. The van der Waals surface area contributed by atoms with Crippen molar-refractivity contribution in [3.8, 4) is 0 Å². The van der Waals surface area contributed by atoms with Gasteiger partial charge >= 0.3 is 0 Å². The van der Waals surface area contributed by atoms with Gasteiger partial charge in [-0.05, 0) is 12.8 Å². The molecule has 1 aromatic rings. The summed E-state index contributed by atoms with van der Waals surface area (Å²) in [5, 5.41) is 3.36. The molecule has 2 saturated heterocycles. The second-order valence-electron chi connectivity index (χ2n) is 6.68. The fraction of sp³-hybridized carbons (Fsp3) is 0.706. The number of carbonyl (C=O) groups is 2. The van der Waals surface area contributed by atoms with Crippen molar-refractivity contribution in [3.63, 3.8) is 0 Å². The van der Waals surface area contributed by atoms with Crippen LogP contribution in [-0.2, 0) is 16.6 Å². The predicted molar refractivity (Wildman–Crippen MR) is 90.1 cm³/mol. The van der Waals surface area contributed by atoms with Gasteiger partial charge in [0.15, 0.2) is 0 Å². The summed E-state index contributed by atoms with van der Waals surface area (Å²) < 4.78 is 1.98. The molecule has 0 aliphatic carbocycles. The Morgan fingerprint density at radius 1 is 1.38 bits per heavy atom. The Kier molecular flexibility index (Phi) is 5.18. The van der Waals surface area contributed by atoms with Gasteiger partial charge in [-0.25, -0.2) is 4.98 Å². The number of likely N-dealkylation sites (tertiary alicyclic amines) is 1. The largest absolute Gasteiger partial charge is 0.342 e. The van der Waals surface area contributed by atoms with E-state index in [9.17, 15) is 9.59 Å². The molecule has 0 saturated carbocycles. The van der Waals surface area contributed by atoms with E-state index in [4.69, 9.17) is 0 Å². The fourth-order valence-electron chi connectivity index (χ4n) is 3.76. The van der Waals surface area contributed by atoms with Gasteiger partial charge in [-0.2, -0.15) is 0 Å². The summed E-state index contributed by atoms with van der Waals surface area (Å²) in [4.78, 5) is 33.4. The average molecular weight is 333 g/mol. The summed E-state index contributed by atoms with van der Waals surface area (Å²) in [5.74, 6) is 1.13. The summed E-state index contributed by atoms with van der Waals surface area (Å²) in [7, 11) is 1.96. The Hall–Kier alpha value is -1.89. The van der Waals surface area contributed by atoms with Crippen LogP contribution in [0, 0.1) is 5.92 Å². The average Bonchev–Trinajstić information content (AvgIpc) is 3.06. The van der Waals surface area contributed by atoms with Crippen molar-refractivity contribution >= 4 is 11.8 Å². The van der Waals surface area contributed by atoms with Gasteiger partial charge in [0.25, 0.3) is 0 Å². The lowest BCUT2D eigenvalue weighted by atomic mass is 9.95. The highest BCUT2D eigenvalue weighted by Gasteiger charge is 2.36. The van der Waals surface area contributed by atoms with E-state index in [0.717, 1.165) is 38.3 Å². The number of amides is 2. The molecule has 0 radical (unpaired) electrons. The number of aryl methyl sites for hydroxylation is 1. The number of imidazole rings is 1. The molecule has 2 aliphatic heterocycles.